The van der Waals surface area contributed by atoms with Gasteiger partial charge in [0.15, 0.2) is 0 Å². The number of rotatable bonds is 2. The summed E-state index contributed by atoms with van der Waals surface area (Å²) in [6.07, 6.45) is 0.861. The quantitative estimate of drug-likeness (QED) is 0.707. The third kappa shape index (κ3) is 4.08. The standard InChI is InChI=1S/C11H21NO3/c1-5-14-9-6-7-12(8-9)10(13)15-11(2,3)4/h9H,5-8H2,1-4H3/t9-/m0/s1. The number of ether oxygens (including phenoxy) is 2. The molecule has 4 heteroatoms. The first-order valence-electron chi connectivity index (χ1n) is 5.52. The zero-order chi connectivity index (χ0) is 11.5. The van der Waals surface area contributed by atoms with Crippen molar-refractivity contribution in [1.29, 1.82) is 0 Å². The van der Waals surface area contributed by atoms with Crippen molar-refractivity contribution in [3.63, 3.8) is 0 Å². The first kappa shape index (κ1) is 12.3. The van der Waals surface area contributed by atoms with Gasteiger partial charge in [0.25, 0.3) is 0 Å². The van der Waals surface area contributed by atoms with Gasteiger partial charge in [0.2, 0.25) is 0 Å². The number of carbonyl (C=O) groups excluding carboxylic acids is 1. The van der Waals surface area contributed by atoms with E-state index in [0.717, 1.165) is 13.0 Å². The number of hydrogen-bond acceptors (Lipinski definition) is 3. The third-order valence-electron chi connectivity index (χ3n) is 2.20. The second-order valence-corrected chi connectivity index (χ2v) is 4.79. The van der Waals surface area contributed by atoms with Crippen LogP contribution in [0.25, 0.3) is 0 Å². The summed E-state index contributed by atoms with van der Waals surface area (Å²) in [7, 11) is 0. The monoisotopic (exact) mass is 215 g/mol. The van der Waals surface area contributed by atoms with Crippen LogP contribution in [0.3, 0.4) is 0 Å². The van der Waals surface area contributed by atoms with Gasteiger partial charge in [-0.2, -0.15) is 0 Å². The third-order valence-corrected chi connectivity index (χ3v) is 2.20. The maximum atomic E-state index is 11.7. The van der Waals surface area contributed by atoms with Gasteiger partial charge in [0.05, 0.1) is 12.6 Å². The predicted molar refractivity (Wildman–Crippen MR) is 57.8 cm³/mol. The molecule has 1 heterocycles. The van der Waals surface area contributed by atoms with Crippen LogP contribution in [-0.4, -0.2) is 42.4 Å². The van der Waals surface area contributed by atoms with E-state index in [2.05, 4.69) is 0 Å². The molecule has 0 aromatic carbocycles. The molecule has 0 N–H and O–H groups in total. The second kappa shape index (κ2) is 4.84. The van der Waals surface area contributed by atoms with Crippen LogP contribution in [0.4, 0.5) is 4.79 Å². The van der Waals surface area contributed by atoms with Crippen LogP contribution in [0.2, 0.25) is 0 Å². The molecule has 4 nitrogen and oxygen atoms in total. The molecule has 0 aromatic rings. The number of hydrogen-bond donors (Lipinski definition) is 0. The molecule has 0 aliphatic carbocycles. The minimum absolute atomic E-state index is 0.183. The van der Waals surface area contributed by atoms with E-state index in [4.69, 9.17) is 9.47 Å². The fourth-order valence-corrected chi connectivity index (χ4v) is 1.59. The van der Waals surface area contributed by atoms with Gasteiger partial charge in [-0.05, 0) is 34.1 Å². The van der Waals surface area contributed by atoms with E-state index in [1.54, 1.807) is 4.90 Å². The van der Waals surface area contributed by atoms with Crippen molar-refractivity contribution in [2.24, 2.45) is 0 Å². The number of likely N-dealkylation sites (tertiary alicyclic amines) is 1. The molecule has 0 saturated carbocycles. The van der Waals surface area contributed by atoms with Crippen LogP contribution in [0.5, 0.6) is 0 Å². The Morgan fingerprint density at radius 2 is 2.13 bits per heavy atom. The van der Waals surface area contributed by atoms with Crippen LogP contribution >= 0.6 is 0 Å². The molecular formula is C11H21NO3. The molecule has 0 bridgehead atoms. The maximum absolute atomic E-state index is 11.7. The molecule has 1 fully saturated rings. The van der Waals surface area contributed by atoms with Crippen molar-refractivity contribution in [2.75, 3.05) is 19.7 Å². The zero-order valence-corrected chi connectivity index (χ0v) is 10.1. The topological polar surface area (TPSA) is 38.8 Å². The highest BCUT2D eigenvalue weighted by molar-refractivity contribution is 5.68. The van der Waals surface area contributed by atoms with E-state index in [1.165, 1.54) is 0 Å². The van der Waals surface area contributed by atoms with Gasteiger partial charge in [0, 0.05) is 13.2 Å². The van der Waals surface area contributed by atoms with Crippen molar-refractivity contribution in [1.82, 2.24) is 4.90 Å². The van der Waals surface area contributed by atoms with E-state index in [1.807, 2.05) is 27.7 Å². The lowest BCUT2D eigenvalue weighted by molar-refractivity contribution is 0.0223. The summed E-state index contributed by atoms with van der Waals surface area (Å²) >= 11 is 0. The summed E-state index contributed by atoms with van der Waals surface area (Å²) < 4.78 is 10.7. The summed E-state index contributed by atoms with van der Waals surface area (Å²) in [6, 6.07) is 0. The zero-order valence-electron chi connectivity index (χ0n) is 10.1. The van der Waals surface area contributed by atoms with Crippen molar-refractivity contribution in [2.45, 2.75) is 45.8 Å². The SMILES string of the molecule is CCO[C@H]1CCN(C(=O)OC(C)(C)C)C1. The summed E-state index contributed by atoms with van der Waals surface area (Å²) in [6.45, 7) is 9.69. The highest BCUT2D eigenvalue weighted by atomic mass is 16.6. The van der Waals surface area contributed by atoms with Crippen LogP contribution in [-0.2, 0) is 9.47 Å². The molecule has 1 aliphatic heterocycles. The van der Waals surface area contributed by atoms with Crippen LogP contribution in [0, 0.1) is 0 Å². The van der Waals surface area contributed by atoms with Crippen LogP contribution < -0.4 is 0 Å². The molecule has 1 aliphatic rings. The summed E-state index contributed by atoms with van der Waals surface area (Å²) in [5.74, 6) is 0. The van der Waals surface area contributed by atoms with Gasteiger partial charge in [-0.3, -0.25) is 0 Å². The second-order valence-electron chi connectivity index (χ2n) is 4.79. The largest absolute Gasteiger partial charge is 0.444 e. The van der Waals surface area contributed by atoms with Crippen molar-refractivity contribution in [3.8, 4) is 0 Å². The minimum Gasteiger partial charge on any atom is -0.444 e. The lowest BCUT2D eigenvalue weighted by Crippen LogP contribution is -2.36. The molecule has 1 rings (SSSR count). The van der Waals surface area contributed by atoms with Crippen LogP contribution in [0.1, 0.15) is 34.1 Å². The Bertz CT molecular complexity index is 222. The molecule has 0 aromatic heterocycles. The molecule has 88 valence electrons. The van der Waals surface area contributed by atoms with Gasteiger partial charge >= 0.3 is 6.09 Å². The van der Waals surface area contributed by atoms with E-state index in [9.17, 15) is 4.79 Å². The van der Waals surface area contributed by atoms with Crippen LogP contribution in [0.15, 0.2) is 0 Å². The van der Waals surface area contributed by atoms with Gasteiger partial charge in [0.1, 0.15) is 5.60 Å². The summed E-state index contributed by atoms with van der Waals surface area (Å²) in [4.78, 5) is 13.4. The summed E-state index contributed by atoms with van der Waals surface area (Å²) in [5.41, 5.74) is -0.416. The molecule has 1 amide bonds. The molecule has 0 radical (unpaired) electrons. The Hall–Kier alpha value is -0.770. The molecule has 0 spiro atoms. The minimum atomic E-state index is -0.416. The van der Waals surface area contributed by atoms with Gasteiger partial charge in [-0.1, -0.05) is 0 Å². The Morgan fingerprint density at radius 3 is 2.67 bits per heavy atom. The normalized spacial score (nSPS) is 21.9. The number of nitrogens with zero attached hydrogens (tertiary/aromatic N) is 1. The lowest BCUT2D eigenvalue weighted by Gasteiger charge is -2.24. The molecule has 1 atom stereocenters. The van der Waals surface area contributed by atoms with Gasteiger partial charge in [-0.25, -0.2) is 4.79 Å². The Balaban J connectivity index is 2.37. The lowest BCUT2D eigenvalue weighted by atomic mass is 10.2. The average molecular weight is 215 g/mol. The Labute approximate surface area is 91.5 Å². The van der Waals surface area contributed by atoms with E-state index in [-0.39, 0.29) is 12.2 Å². The Kier molecular flexibility index (Phi) is 3.97. The highest BCUT2D eigenvalue weighted by Gasteiger charge is 2.29. The average Bonchev–Trinajstić information content (AvgIpc) is 2.50. The van der Waals surface area contributed by atoms with E-state index >= 15 is 0 Å². The molecule has 0 unspecified atom stereocenters. The van der Waals surface area contributed by atoms with E-state index < -0.39 is 5.60 Å². The van der Waals surface area contributed by atoms with Gasteiger partial charge < -0.3 is 14.4 Å². The smallest absolute Gasteiger partial charge is 0.410 e. The Morgan fingerprint density at radius 1 is 1.47 bits per heavy atom. The van der Waals surface area contributed by atoms with Crippen molar-refractivity contribution in [3.05, 3.63) is 0 Å². The summed E-state index contributed by atoms with van der Waals surface area (Å²) in [5, 5.41) is 0. The van der Waals surface area contributed by atoms with Crippen molar-refractivity contribution < 1.29 is 14.3 Å². The highest BCUT2D eigenvalue weighted by Crippen LogP contribution is 2.16. The molecular weight excluding hydrogens is 194 g/mol. The number of amides is 1. The van der Waals surface area contributed by atoms with Crippen molar-refractivity contribution >= 4 is 6.09 Å². The van der Waals surface area contributed by atoms with E-state index in [0.29, 0.717) is 13.2 Å². The number of carbonyl (C=O) groups is 1. The molecule has 1 saturated heterocycles. The fourth-order valence-electron chi connectivity index (χ4n) is 1.59. The first-order valence-corrected chi connectivity index (χ1v) is 5.52. The first-order chi connectivity index (χ1) is 6.92. The maximum Gasteiger partial charge on any atom is 0.410 e. The van der Waals surface area contributed by atoms with Gasteiger partial charge in [-0.15, -0.1) is 0 Å². The molecule has 15 heavy (non-hydrogen) atoms. The fraction of sp³-hybridized carbons (Fsp3) is 0.909. The predicted octanol–water partition coefficient (Wildman–Crippen LogP) is 2.03.